The van der Waals surface area contributed by atoms with Gasteiger partial charge in [0.05, 0.1) is 6.26 Å². The molecule has 1 aromatic heterocycles. The molecule has 0 aromatic carbocycles. The molecule has 10 heavy (non-hydrogen) atoms. The van der Waals surface area contributed by atoms with Crippen molar-refractivity contribution in [2.45, 2.75) is 0 Å². The maximum atomic E-state index is 10.2. The molecule has 0 atom stereocenters. The van der Waals surface area contributed by atoms with E-state index >= 15 is 0 Å². The van der Waals surface area contributed by atoms with Gasteiger partial charge in [0.2, 0.25) is 5.24 Å². The summed E-state index contributed by atoms with van der Waals surface area (Å²) in [6, 6.07) is 3.47. The molecule has 0 unspecified atom stereocenters. The number of carbonyl (C=O) groups excluding carboxylic acids is 1. The zero-order valence-electron chi connectivity index (χ0n) is 5.08. The Bertz CT molecular complexity index is 236. The molecule has 0 radical (unpaired) electrons. The van der Waals surface area contributed by atoms with E-state index in [0.717, 1.165) is 0 Å². The van der Waals surface area contributed by atoms with Crippen LogP contribution in [0.15, 0.2) is 28.9 Å². The fraction of sp³-hybridized carbons (Fsp3) is 0. The number of rotatable bonds is 2. The first kappa shape index (κ1) is 7.09. The van der Waals surface area contributed by atoms with Crippen molar-refractivity contribution in [3.05, 3.63) is 30.2 Å². The topological polar surface area (TPSA) is 30.2 Å². The number of hydrogen-bond donors (Lipinski definition) is 0. The second-order valence-corrected chi connectivity index (χ2v) is 2.03. The highest BCUT2D eigenvalue weighted by atomic mass is 35.5. The van der Waals surface area contributed by atoms with Crippen molar-refractivity contribution in [1.29, 1.82) is 0 Å². The zero-order valence-corrected chi connectivity index (χ0v) is 5.84. The van der Waals surface area contributed by atoms with Gasteiger partial charge in [-0.25, -0.2) is 0 Å². The van der Waals surface area contributed by atoms with Gasteiger partial charge in [-0.15, -0.1) is 0 Å². The van der Waals surface area contributed by atoms with Crippen LogP contribution in [0, 0.1) is 0 Å². The first-order valence-corrected chi connectivity index (χ1v) is 3.08. The van der Waals surface area contributed by atoms with Gasteiger partial charge in [0.1, 0.15) is 5.76 Å². The molecule has 2 nitrogen and oxygen atoms in total. The molecule has 1 heterocycles. The Morgan fingerprint density at radius 2 is 2.50 bits per heavy atom. The Balaban J connectivity index is 2.64. The predicted molar refractivity (Wildman–Crippen MR) is 38.6 cm³/mol. The van der Waals surface area contributed by atoms with E-state index in [1.54, 1.807) is 12.1 Å². The minimum Gasteiger partial charge on any atom is -0.465 e. The second-order valence-electron chi connectivity index (χ2n) is 1.65. The van der Waals surface area contributed by atoms with Gasteiger partial charge in [-0.3, -0.25) is 4.79 Å². The van der Waals surface area contributed by atoms with Crippen molar-refractivity contribution in [3.63, 3.8) is 0 Å². The van der Waals surface area contributed by atoms with Crippen molar-refractivity contribution < 1.29 is 9.21 Å². The quantitative estimate of drug-likeness (QED) is 0.485. The highest BCUT2D eigenvalue weighted by Crippen LogP contribution is 2.02. The van der Waals surface area contributed by atoms with E-state index in [-0.39, 0.29) is 0 Å². The molecule has 1 aromatic rings. The molecule has 1 rings (SSSR count). The molecule has 0 amide bonds. The maximum absolute atomic E-state index is 10.2. The number of halogens is 1. The Labute approximate surface area is 63.1 Å². The molecule has 0 saturated carbocycles. The summed E-state index contributed by atoms with van der Waals surface area (Å²) in [7, 11) is 0. The molecule has 0 aliphatic heterocycles. The molecule has 3 heteroatoms. The maximum Gasteiger partial charge on any atom is 0.245 e. The van der Waals surface area contributed by atoms with Crippen LogP contribution in [0.3, 0.4) is 0 Å². The van der Waals surface area contributed by atoms with Crippen molar-refractivity contribution in [2.24, 2.45) is 0 Å². The lowest BCUT2D eigenvalue weighted by Crippen LogP contribution is -1.72. The Morgan fingerprint density at radius 3 is 3.00 bits per heavy atom. The van der Waals surface area contributed by atoms with Gasteiger partial charge in [-0.2, -0.15) is 0 Å². The third-order valence-electron chi connectivity index (χ3n) is 0.922. The standard InChI is InChI=1S/C7H5ClO2/c8-7(9)4-3-6-2-1-5-10-6/h1-5H. The third kappa shape index (κ3) is 2.07. The summed E-state index contributed by atoms with van der Waals surface area (Å²) in [5.74, 6) is 0.619. The lowest BCUT2D eigenvalue weighted by molar-refractivity contribution is -0.107. The van der Waals surface area contributed by atoms with Crippen molar-refractivity contribution >= 4 is 22.9 Å². The average Bonchev–Trinajstić information content (AvgIpc) is 2.34. The van der Waals surface area contributed by atoms with Gasteiger partial charge < -0.3 is 4.42 Å². The first-order valence-electron chi connectivity index (χ1n) is 2.70. The summed E-state index contributed by atoms with van der Waals surface area (Å²) in [6.07, 6.45) is 4.27. The molecule has 0 bridgehead atoms. The van der Waals surface area contributed by atoms with Gasteiger partial charge in [-0.1, -0.05) is 0 Å². The number of carbonyl (C=O) groups is 1. The fourth-order valence-corrected chi connectivity index (χ4v) is 0.597. The number of hydrogen-bond acceptors (Lipinski definition) is 2. The third-order valence-corrected chi connectivity index (χ3v) is 1.05. The molecule has 0 aliphatic rings. The molecular weight excluding hydrogens is 152 g/mol. The smallest absolute Gasteiger partial charge is 0.245 e. The molecule has 0 aliphatic carbocycles. The van der Waals surface area contributed by atoms with E-state index in [2.05, 4.69) is 0 Å². The van der Waals surface area contributed by atoms with Crippen molar-refractivity contribution in [2.75, 3.05) is 0 Å². The second kappa shape index (κ2) is 3.22. The largest absolute Gasteiger partial charge is 0.465 e. The Hall–Kier alpha value is -1.02. The Kier molecular flexibility index (Phi) is 2.29. The van der Waals surface area contributed by atoms with Gasteiger partial charge in [0.15, 0.2) is 0 Å². The SMILES string of the molecule is O=C(Cl)C=Cc1ccco1. The Morgan fingerprint density at radius 1 is 1.70 bits per heavy atom. The van der Waals surface area contributed by atoms with Crippen molar-refractivity contribution in [1.82, 2.24) is 0 Å². The van der Waals surface area contributed by atoms with Gasteiger partial charge in [-0.05, 0) is 29.8 Å². The molecule has 0 N–H and O–H groups in total. The highest BCUT2D eigenvalue weighted by molar-refractivity contribution is 6.66. The monoisotopic (exact) mass is 156 g/mol. The van der Waals surface area contributed by atoms with Gasteiger partial charge in [0, 0.05) is 6.08 Å². The van der Waals surface area contributed by atoms with E-state index < -0.39 is 5.24 Å². The molecule has 52 valence electrons. The lowest BCUT2D eigenvalue weighted by atomic mass is 10.4. The summed E-state index contributed by atoms with van der Waals surface area (Å²) >= 11 is 5.03. The minimum absolute atomic E-state index is 0.503. The van der Waals surface area contributed by atoms with Crippen LogP contribution in [0.25, 0.3) is 6.08 Å². The van der Waals surface area contributed by atoms with E-state index in [4.69, 9.17) is 16.0 Å². The minimum atomic E-state index is -0.503. The van der Waals surface area contributed by atoms with Crippen LogP contribution in [0.1, 0.15) is 5.76 Å². The number of allylic oxidation sites excluding steroid dienone is 1. The molecule has 0 spiro atoms. The van der Waals surface area contributed by atoms with E-state index in [0.29, 0.717) is 5.76 Å². The van der Waals surface area contributed by atoms with Crippen LogP contribution in [0.5, 0.6) is 0 Å². The first-order chi connectivity index (χ1) is 4.79. The van der Waals surface area contributed by atoms with E-state index in [1.807, 2.05) is 0 Å². The van der Waals surface area contributed by atoms with Crippen LogP contribution in [0.4, 0.5) is 0 Å². The van der Waals surface area contributed by atoms with Crippen molar-refractivity contribution in [3.8, 4) is 0 Å². The lowest BCUT2D eigenvalue weighted by Gasteiger charge is -1.78. The average molecular weight is 157 g/mol. The van der Waals surface area contributed by atoms with Crippen LogP contribution >= 0.6 is 11.6 Å². The van der Waals surface area contributed by atoms with Crippen LogP contribution in [-0.2, 0) is 4.79 Å². The van der Waals surface area contributed by atoms with Gasteiger partial charge >= 0.3 is 0 Å². The summed E-state index contributed by atoms with van der Waals surface area (Å²) in [4.78, 5) is 10.2. The van der Waals surface area contributed by atoms with E-state index in [1.165, 1.54) is 18.4 Å². The predicted octanol–water partition coefficient (Wildman–Crippen LogP) is 2.06. The number of furan rings is 1. The fourth-order valence-electron chi connectivity index (χ4n) is 0.534. The summed E-state index contributed by atoms with van der Waals surface area (Å²) < 4.78 is 4.89. The van der Waals surface area contributed by atoms with Crippen LogP contribution in [0.2, 0.25) is 0 Å². The highest BCUT2D eigenvalue weighted by Gasteiger charge is 1.88. The molecule has 0 saturated heterocycles. The normalized spacial score (nSPS) is 10.5. The molecular formula is C7H5ClO2. The summed E-state index contributed by atoms with van der Waals surface area (Å²) in [6.45, 7) is 0. The zero-order chi connectivity index (χ0) is 7.40. The summed E-state index contributed by atoms with van der Waals surface area (Å²) in [5.41, 5.74) is 0. The summed E-state index contributed by atoms with van der Waals surface area (Å²) in [5, 5.41) is -0.503. The van der Waals surface area contributed by atoms with Gasteiger partial charge in [0.25, 0.3) is 0 Å². The van der Waals surface area contributed by atoms with Crippen LogP contribution in [-0.4, -0.2) is 5.24 Å². The van der Waals surface area contributed by atoms with Crippen LogP contribution < -0.4 is 0 Å². The van der Waals surface area contributed by atoms with E-state index in [9.17, 15) is 4.79 Å². The molecule has 0 fully saturated rings.